The molecule has 4 nitrogen and oxygen atoms in total. The van der Waals surface area contributed by atoms with Crippen LogP contribution in [-0.4, -0.2) is 18.4 Å². The summed E-state index contributed by atoms with van der Waals surface area (Å²) in [6.45, 7) is 1.50. The molecule has 0 aromatic heterocycles. The quantitative estimate of drug-likeness (QED) is 0.909. The molecule has 22 heavy (non-hydrogen) atoms. The number of rotatable bonds is 4. The Balaban J connectivity index is 1.89. The van der Waals surface area contributed by atoms with Crippen molar-refractivity contribution in [3.8, 4) is 0 Å². The molecular formula is C16H14ClFN2O2. The lowest BCUT2D eigenvalue weighted by molar-refractivity contribution is -0.115. The number of halogens is 2. The van der Waals surface area contributed by atoms with Gasteiger partial charge in [0.05, 0.1) is 6.54 Å². The Morgan fingerprint density at radius 3 is 2.45 bits per heavy atom. The number of anilines is 1. The number of amides is 2. The highest BCUT2D eigenvalue weighted by Crippen LogP contribution is 2.15. The molecule has 0 fully saturated rings. The van der Waals surface area contributed by atoms with Gasteiger partial charge in [-0.3, -0.25) is 9.59 Å². The number of hydrogen-bond donors (Lipinski definition) is 2. The Hall–Kier alpha value is -2.40. The SMILES string of the molecule is Cc1cc(F)ccc1NC(=O)CNC(=O)c1ccc(Cl)cc1. The van der Waals surface area contributed by atoms with Gasteiger partial charge in [-0.25, -0.2) is 4.39 Å². The minimum Gasteiger partial charge on any atom is -0.343 e. The van der Waals surface area contributed by atoms with Crippen molar-refractivity contribution in [2.45, 2.75) is 6.92 Å². The fourth-order valence-corrected chi connectivity index (χ4v) is 1.95. The maximum Gasteiger partial charge on any atom is 0.251 e. The Morgan fingerprint density at radius 2 is 1.82 bits per heavy atom. The topological polar surface area (TPSA) is 58.2 Å². The Bertz CT molecular complexity index is 702. The Labute approximate surface area is 132 Å². The molecule has 0 heterocycles. The number of benzene rings is 2. The molecule has 2 aromatic carbocycles. The highest BCUT2D eigenvalue weighted by atomic mass is 35.5. The molecule has 6 heteroatoms. The maximum atomic E-state index is 13.0. The summed E-state index contributed by atoms with van der Waals surface area (Å²) in [6, 6.07) is 10.4. The van der Waals surface area contributed by atoms with E-state index >= 15 is 0 Å². The number of carbonyl (C=O) groups is 2. The second-order valence-electron chi connectivity index (χ2n) is 4.70. The van der Waals surface area contributed by atoms with E-state index in [0.29, 0.717) is 21.8 Å². The first-order valence-electron chi connectivity index (χ1n) is 6.55. The van der Waals surface area contributed by atoms with Crippen molar-refractivity contribution in [3.63, 3.8) is 0 Å². The predicted molar refractivity (Wildman–Crippen MR) is 83.6 cm³/mol. The molecule has 0 aliphatic heterocycles. The highest BCUT2D eigenvalue weighted by molar-refractivity contribution is 6.30. The molecule has 0 saturated carbocycles. The van der Waals surface area contributed by atoms with Gasteiger partial charge in [0.25, 0.3) is 5.91 Å². The van der Waals surface area contributed by atoms with Gasteiger partial charge in [0.15, 0.2) is 0 Å². The summed E-state index contributed by atoms with van der Waals surface area (Å²) in [4.78, 5) is 23.6. The van der Waals surface area contributed by atoms with E-state index in [1.165, 1.54) is 18.2 Å². The molecule has 2 rings (SSSR count). The second kappa shape index (κ2) is 7.04. The van der Waals surface area contributed by atoms with Crippen LogP contribution in [0, 0.1) is 12.7 Å². The van der Waals surface area contributed by atoms with E-state index < -0.39 is 5.91 Å². The number of nitrogens with one attached hydrogen (secondary N) is 2. The predicted octanol–water partition coefficient (Wildman–Crippen LogP) is 3.16. The van der Waals surface area contributed by atoms with Crippen molar-refractivity contribution in [2.75, 3.05) is 11.9 Å². The van der Waals surface area contributed by atoms with Crippen LogP contribution in [0.2, 0.25) is 5.02 Å². The zero-order valence-electron chi connectivity index (χ0n) is 11.8. The third kappa shape index (κ3) is 4.30. The molecule has 0 radical (unpaired) electrons. The van der Waals surface area contributed by atoms with E-state index in [9.17, 15) is 14.0 Å². The molecular weight excluding hydrogens is 307 g/mol. The molecule has 0 saturated heterocycles. The van der Waals surface area contributed by atoms with Crippen LogP contribution in [0.3, 0.4) is 0 Å². The van der Waals surface area contributed by atoms with Crippen molar-refractivity contribution in [3.05, 3.63) is 64.4 Å². The molecule has 0 atom stereocenters. The van der Waals surface area contributed by atoms with E-state index in [1.54, 1.807) is 31.2 Å². The van der Waals surface area contributed by atoms with Gasteiger partial charge >= 0.3 is 0 Å². The summed E-state index contributed by atoms with van der Waals surface area (Å²) in [5.41, 5.74) is 1.53. The summed E-state index contributed by atoms with van der Waals surface area (Å²) >= 11 is 5.74. The van der Waals surface area contributed by atoms with Crippen molar-refractivity contribution in [1.82, 2.24) is 5.32 Å². The largest absolute Gasteiger partial charge is 0.343 e. The summed E-state index contributed by atoms with van der Waals surface area (Å²) in [7, 11) is 0. The minimum absolute atomic E-state index is 0.182. The Kier molecular flexibility index (Phi) is 5.12. The van der Waals surface area contributed by atoms with Crippen LogP contribution in [0.4, 0.5) is 10.1 Å². The molecule has 0 aliphatic carbocycles. The van der Waals surface area contributed by atoms with Gasteiger partial charge in [-0.2, -0.15) is 0 Å². The zero-order valence-corrected chi connectivity index (χ0v) is 12.6. The lowest BCUT2D eigenvalue weighted by atomic mass is 10.2. The fraction of sp³-hybridized carbons (Fsp3) is 0.125. The van der Waals surface area contributed by atoms with Gasteiger partial charge in [0.2, 0.25) is 5.91 Å². The summed E-state index contributed by atoms with van der Waals surface area (Å²) in [5, 5.41) is 5.64. The smallest absolute Gasteiger partial charge is 0.251 e. The highest BCUT2D eigenvalue weighted by Gasteiger charge is 2.09. The number of hydrogen-bond acceptors (Lipinski definition) is 2. The standard InChI is InChI=1S/C16H14ClFN2O2/c1-10-8-13(18)6-7-14(10)20-15(21)9-19-16(22)11-2-4-12(17)5-3-11/h2-8H,9H2,1H3,(H,19,22)(H,20,21). The summed E-state index contributed by atoms with van der Waals surface area (Å²) < 4.78 is 13.0. The molecule has 0 aliphatic rings. The van der Waals surface area contributed by atoms with Crippen LogP contribution in [0.5, 0.6) is 0 Å². The van der Waals surface area contributed by atoms with Crippen LogP contribution in [0.15, 0.2) is 42.5 Å². The normalized spacial score (nSPS) is 10.1. The van der Waals surface area contributed by atoms with E-state index in [0.717, 1.165) is 0 Å². The van der Waals surface area contributed by atoms with Crippen molar-refractivity contribution >= 4 is 29.1 Å². The van der Waals surface area contributed by atoms with Gasteiger partial charge in [-0.15, -0.1) is 0 Å². The van der Waals surface area contributed by atoms with E-state index in [-0.39, 0.29) is 18.3 Å². The van der Waals surface area contributed by atoms with Gasteiger partial charge in [0, 0.05) is 16.3 Å². The monoisotopic (exact) mass is 320 g/mol. The van der Waals surface area contributed by atoms with Crippen LogP contribution in [-0.2, 0) is 4.79 Å². The third-order valence-corrected chi connectivity index (χ3v) is 3.23. The van der Waals surface area contributed by atoms with Gasteiger partial charge in [-0.05, 0) is 55.0 Å². The van der Waals surface area contributed by atoms with Crippen molar-refractivity contribution in [2.24, 2.45) is 0 Å². The zero-order chi connectivity index (χ0) is 16.1. The average molecular weight is 321 g/mol. The molecule has 0 spiro atoms. The number of carbonyl (C=O) groups excluding carboxylic acids is 2. The van der Waals surface area contributed by atoms with Gasteiger partial charge in [0.1, 0.15) is 5.82 Å². The van der Waals surface area contributed by atoms with Crippen molar-refractivity contribution < 1.29 is 14.0 Å². The minimum atomic E-state index is -0.392. The first-order chi connectivity index (χ1) is 10.5. The van der Waals surface area contributed by atoms with Crippen LogP contribution in [0.1, 0.15) is 15.9 Å². The van der Waals surface area contributed by atoms with Crippen LogP contribution < -0.4 is 10.6 Å². The van der Waals surface area contributed by atoms with E-state index in [4.69, 9.17) is 11.6 Å². The van der Waals surface area contributed by atoms with E-state index in [2.05, 4.69) is 10.6 Å². The fourth-order valence-electron chi connectivity index (χ4n) is 1.83. The third-order valence-electron chi connectivity index (χ3n) is 2.98. The lowest BCUT2D eigenvalue weighted by Gasteiger charge is -2.09. The van der Waals surface area contributed by atoms with Crippen molar-refractivity contribution in [1.29, 1.82) is 0 Å². The second-order valence-corrected chi connectivity index (χ2v) is 5.13. The molecule has 114 valence electrons. The molecule has 0 unspecified atom stereocenters. The molecule has 2 amide bonds. The molecule has 2 aromatic rings. The van der Waals surface area contributed by atoms with Gasteiger partial charge < -0.3 is 10.6 Å². The molecule has 2 N–H and O–H groups in total. The first kappa shape index (κ1) is 16.0. The van der Waals surface area contributed by atoms with Gasteiger partial charge in [-0.1, -0.05) is 11.6 Å². The first-order valence-corrected chi connectivity index (χ1v) is 6.93. The molecule has 0 bridgehead atoms. The van der Waals surface area contributed by atoms with Crippen LogP contribution in [0.25, 0.3) is 0 Å². The van der Waals surface area contributed by atoms with Crippen LogP contribution >= 0.6 is 11.6 Å². The average Bonchev–Trinajstić information content (AvgIpc) is 2.48. The number of aryl methyl sites for hydroxylation is 1. The summed E-state index contributed by atoms with van der Waals surface area (Å²) in [6.07, 6.45) is 0. The van der Waals surface area contributed by atoms with E-state index in [1.807, 2.05) is 0 Å². The lowest BCUT2D eigenvalue weighted by Crippen LogP contribution is -2.32. The maximum absolute atomic E-state index is 13.0. The Morgan fingerprint density at radius 1 is 1.14 bits per heavy atom. The summed E-state index contributed by atoms with van der Waals surface area (Å²) in [5.74, 6) is -1.13.